The number of amides is 2. The predicted octanol–water partition coefficient (Wildman–Crippen LogP) is 3.65. The Balaban J connectivity index is 1.81. The fraction of sp³-hybridized carbons (Fsp3) is 0.600. The van der Waals surface area contributed by atoms with Gasteiger partial charge in [0.15, 0.2) is 0 Å². The zero-order valence-corrected chi connectivity index (χ0v) is 17.7. The van der Waals surface area contributed by atoms with Crippen molar-refractivity contribution in [2.24, 2.45) is 11.8 Å². The van der Waals surface area contributed by atoms with Crippen molar-refractivity contribution >= 4 is 35.0 Å². The second-order valence-electron chi connectivity index (χ2n) is 7.60. The second-order valence-corrected chi connectivity index (χ2v) is 8.44. The maximum Gasteiger partial charge on any atom is 0.234 e. The van der Waals surface area contributed by atoms with E-state index in [0.29, 0.717) is 29.1 Å². The SMILES string of the molecule is CC(C)C(=O)NCC1CCCN(CC(=O)NC(C)c2ccc(Cl)cc2Cl)C1. The number of carbonyl (C=O) groups excluding carboxylic acids is 2. The maximum atomic E-state index is 12.4. The number of carbonyl (C=O) groups is 2. The summed E-state index contributed by atoms with van der Waals surface area (Å²) in [4.78, 5) is 26.3. The lowest BCUT2D eigenvalue weighted by Crippen LogP contribution is -2.45. The smallest absolute Gasteiger partial charge is 0.234 e. The van der Waals surface area contributed by atoms with E-state index in [9.17, 15) is 9.59 Å². The zero-order chi connectivity index (χ0) is 20.0. The van der Waals surface area contributed by atoms with Crippen LogP contribution in [-0.4, -0.2) is 42.9 Å². The minimum atomic E-state index is -0.187. The molecular formula is C20H29Cl2N3O2. The predicted molar refractivity (Wildman–Crippen MR) is 110 cm³/mol. The third kappa shape index (κ3) is 6.98. The highest BCUT2D eigenvalue weighted by Crippen LogP contribution is 2.26. The molecule has 1 aromatic rings. The first kappa shape index (κ1) is 22.0. The van der Waals surface area contributed by atoms with Crippen LogP contribution < -0.4 is 10.6 Å². The summed E-state index contributed by atoms with van der Waals surface area (Å²) in [5.74, 6) is 0.438. The van der Waals surface area contributed by atoms with Crippen molar-refractivity contribution in [3.63, 3.8) is 0 Å². The molecule has 1 saturated heterocycles. The fourth-order valence-corrected chi connectivity index (χ4v) is 3.90. The van der Waals surface area contributed by atoms with Crippen LogP contribution in [0.25, 0.3) is 0 Å². The molecule has 1 aromatic carbocycles. The van der Waals surface area contributed by atoms with Gasteiger partial charge >= 0.3 is 0 Å². The molecule has 7 heteroatoms. The molecule has 0 saturated carbocycles. The lowest BCUT2D eigenvalue weighted by Gasteiger charge is -2.32. The molecule has 0 radical (unpaired) electrons. The number of likely N-dealkylation sites (tertiary alicyclic amines) is 1. The standard InChI is InChI=1S/C20H29Cl2N3O2/c1-13(2)20(27)23-10-15-5-4-8-25(11-15)12-19(26)24-14(3)17-7-6-16(21)9-18(17)22/h6-7,9,13-15H,4-5,8,10-12H2,1-3H3,(H,23,27)(H,24,26). The average Bonchev–Trinajstić information content (AvgIpc) is 2.59. The monoisotopic (exact) mass is 413 g/mol. The zero-order valence-electron chi connectivity index (χ0n) is 16.2. The van der Waals surface area contributed by atoms with Crippen molar-refractivity contribution < 1.29 is 9.59 Å². The molecule has 0 aliphatic carbocycles. The Bertz CT molecular complexity index is 667. The molecule has 1 heterocycles. The van der Waals surface area contributed by atoms with Gasteiger partial charge in [0.2, 0.25) is 11.8 Å². The van der Waals surface area contributed by atoms with Gasteiger partial charge in [-0.25, -0.2) is 0 Å². The summed E-state index contributed by atoms with van der Waals surface area (Å²) in [6.45, 7) is 8.44. The number of piperidine rings is 1. The van der Waals surface area contributed by atoms with E-state index in [1.54, 1.807) is 12.1 Å². The first-order chi connectivity index (χ1) is 12.8. The van der Waals surface area contributed by atoms with Gasteiger partial charge in [0.1, 0.15) is 0 Å². The van der Waals surface area contributed by atoms with Crippen LogP contribution in [0.1, 0.15) is 45.2 Å². The van der Waals surface area contributed by atoms with E-state index in [0.717, 1.165) is 31.5 Å². The molecule has 1 fully saturated rings. The minimum Gasteiger partial charge on any atom is -0.356 e. The summed E-state index contributed by atoms with van der Waals surface area (Å²) >= 11 is 12.1. The Morgan fingerprint density at radius 2 is 2.00 bits per heavy atom. The highest BCUT2D eigenvalue weighted by atomic mass is 35.5. The lowest BCUT2D eigenvalue weighted by atomic mass is 9.97. The van der Waals surface area contributed by atoms with E-state index >= 15 is 0 Å². The van der Waals surface area contributed by atoms with Gasteiger partial charge < -0.3 is 10.6 Å². The molecule has 1 aliphatic rings. The Kier molecular flexibility index (Phi) is 8.39. The van der Waals surface area contributed by atoms with Gasteiger partial charge in [-0.05, 0) is 49.9 Å². The molecule has 27 heavy (non-hydrogen) atoms. The number of rotatable bonds is 7. The topological polar surface area (TPSA) is 61.4 Å². The summed E-state index contributed by atoms with van der Waals surface area (Å²) in [5, 5.41) is 7.13. The Morgan fingerprint density at radius 1 is 1.26 bits per heavy atom. The van der Waals surface area contributed by atoms with E-state index in [1.807, 2.05) is 26.8 Å². The summed E-state index contributed by atoms with van der Waals surface area (Å²) < 4.78 is 0. The molecule has 2 atom stereocenters. The van der Waals surface area contributed by atoms with Crippen molar-refractivity contribution in [1.82, 2.24) is 15.5 Å². The molecule has 5 nitrogen and oxygen atoms in total. The molecule has 1 aliphatic heterocycles. The number of nitrogens with one attached hydrogen (secondary N) is 2. The number of nitrogens with zero attached hydrogens (tertiary/aromatic N) is 1. The van der Waals surface area contributed by atoms with E-state index < -0.39 is 0 Å². The van der Waals surface area contributed by atoms with Gasteiger partial charge in [-0.2, -0.15) is 0 Å². The third-order valence-corrected chi connectivity index (χ3v) is 5.43. The van der Waals surface area contributed by atoms with Crippen molar-refractivity contribution in [2.45, 2.75) is 39.7 Å². The van der Waals surface area contributed by atoms with E-state index in [4.69, 9.17) is 23.2 Å². The minimum absolute atomic E-state index is 0.00310. The van der Waals surface area contributed by atoms with Crippen LogP contribution in [0, 0.1) is 11.8 Å². The van der Waals surface area contributed by atoms with E-state index in [1.165, 1.54) is 0 Å². The van der Waals surface area contributed by atoms with Gasteiger partial charge in [-0.15, -0.1) is 0 Å². The van der Waals surface area contributed by atoms with Crippen LogP contribution in [0.2, 0.25) is 10.0 Å². The average molecular weight is 414 g/mol. The molecule has 0 spiro atoms. The van der Waals surface area contributed by atoms with E-state index in [-0.39, 0.29) is 23.8 Å². The lowest BCUT2D eigenvalue weighted by molar-refractivity contribution is -0.125. The molecule has 2 amide bonds. The van der Waals surface area contributed by atoms with Gasteiger partial charge in [-0.1, -0.05) is 43.1 Å². The first-order valence-electron chi connectivity index (χ1n) is 9.50. The van der Waals surface area contributed by atoms with Crippen molar-refractivity contribution in [3.05, 3.63) is 33.8 Å². The Morgan fingerprint density at radius 3 is 2.67 bits per heavy atom. The number of halogens is 2. The third-order valence-electron chi connectivity index (χ3n) is 4.87. The normalized spacial score (nSPS) is 19.0. The fourth-order valence-electron chi connectivity index (χ4n) is 3.33. The van der Waals surface area contributed by atoms with Crippen LogP contribution in [0.5, 0.6) is 0 Å². The highest BCUT2D eigenvalue weighted by Gasteiger charge is 2.23. The van der Waals surface area contributed by atoms with Crippen LogP contribution in [0.15, 0.2) is 18.2 Å². The number of benzene rings is 1. The van der Waals surface area contributed by atoms with Crippen LogP contribution >= 0.6 is 23.2 Å². The molecule has 0 aromatic heterocycles. The first-order valence-corrected chi connectivity index (χ1v) is 10.3. The van der Waals surface area contributed by atoms with Crippen molar-refractivity contribution in [1.29, 1.82) is 0 Å². The summed E-state index contributed by atoms with van der Waals surface area (Å²) in [6.07, 6.45) is 2.11. The maximum absolute atomic E-state index is 12.4. The van der Waals surface area contributed by atoms with Crippen LogP contribution in [-0.2, 0) is 9.59 Å². The Labute approximate surface area is 171 Å². The van der Waals surface area contributed by atoms with Gasteiger partial charge in [0.25, 0.3) is 0 Å². The molecule has 2 N–H and O–H groups in total. The number of hydrogen-bond acceptors (Lipinski definition) is 3. The molecule has 0 bridgehead atoms. The summed E-state index contributed by atoms with van der Waals surface area (Å²) in [6, 6.07) is 5.10. The highest BCUT2D eigenvalue weighted by molar-refractivity contribution is 6.35. The quantitative estimate of drug-likeness (QED) is 0.716. The number of hydrogen-bond donors (Lipinski definition) is 2. The van der Waals surface area contributed by atoms with Crippen molar-refractivity contribution in [2.75, 3.05) is 26.2 Å². The van der Waals surface area contributed by atoms with Crippen molar-refractivity contribution in [3.8, 4) is 0 Å². The molecular weight excluding hydrogens is 385 g/mol. The Hall–Kier alpha value is -1.30. The summed E-state index contributed by atoms with van der Waals surface area (Å²) in [7, 11) is 0. The molecule has 150 valence electrons. The van der Waals surface area contributed by atoms with E-state index in [2.05, 4.69) is 15.5 Å². The second kappa shape index (κ2) is 10.3. The summed E-state index contributed by atoms with van der Waals surface area (Å²) in [5.41, 5.74) is 0.849. The molecule has 2 unspecified atom stereocenters. The van der Waals surface area contributed by atoms with Gasteiger partial charge in [0.05, 0.1) is 12.6 Å². The van der Waals surface area contributed by atoms with Crippen LogP contribution in [0.4, 0.5) is 0 Å². The van der Waals surface area contributed by atoms with Gasteiger partial charge in [0, 0.05) is 29.1 Å². The van der Waals surface area contributed by atoms with Gasteiger partial charge in [-0.3, -0.25) is 14.5 Å². The molecule has 2 rings (SSSR count). The van der Waals surface area contributed by atoms with Crippen LogP contribution in [0.3, 0.4) is 0 Å². The largest absolute Gasteiger partial charge is 0.356 e.